The predicted molar refractivity (Wildman–Crippen MR) is 112 cm³/mol. The molecule has 3 rings (SSSR count). The first-order chi connectivity index (χ1) is 14.8. The lowest BCUT2D eigenvalue weighted by molar-refractivity contribution is 0.0586. The molecule has 11 heteroatoms. The third kappa shape index (κ3) is 5.42. The minimum absolute atomic E-state index is 0.133. The third-order valence-corrected chi connectivity index (χ3v) is 5.56. The van der Waals surface area contributed by atoms with Crippen LogP contribution in [0.15, 0.2) is 47.6 Å². The SMILES string of the molecule is COC(=O)c1ncc(C#Cc2c(F)ccc(N[S+]([O-])c3cc(Cl)ccc3Cl)c2F)cn1. The van der Waals surface area contributed by atoms with Gasteiger partial charge in [0.05, 0.1) is 23.3 Å². The lowest BCUT2D eigenvalue weighted by Crippen LogP contribution is -2.15. The smallest absolute Gasteiger partial charge is 0.376 e. The standard InChI is InChI=1S/C20H11Cl2F2N3O3S/c1-30-20(28)19-25-9-11(10-26-19)2-4-13-15(23)6-7-16(18(13)24)27-31(29)17-8-12(21)3-5-14(17)22/h3,5-10,27H,1H3. The van der Waals surface area contributed by atoms with Gasteiger partial charge in [0.1, 0.15) is 22.9 Å². The lowest BCUT2D eigenvalue weighted by Gasteiger charge is -2.14. The van der Waals surface area contributed by atoms with Crippen LogP contribution in [0.4, 0.5) is 14.5 Å². The molecule has 0 bridgehead atoms. The van der Waals surface area contributed by atoms with E-state index in [9.17, 15) is 18.1 Å². The number of halogens is 4. The van der Waals surface area contributed by atoms with Gasteiger partial charge >= 0.3 is 5.97 Å². The predicted octanol–water partition coefficient (Wildman–Crippen LogP) is 4.38. The van der Waals surface area contributed by atoms with Crippen LogP contribution in [0.5, 0.6) is 0 Å². The van der Waals surface area contributed by atoms with Crippen LogP contribution >= 0.6 is 23.2 Å². The summed E-state index contributed by atoms with van der Waals surface area (Å²) < 4.78 is 48.4. The summed E-state index contributed by atoms with van der Waals surface area (Å²) in [6.07, 6.45) is 2.42. The molecular weight excluding hydrogens is 471 g/mol. The average molecular weight is 482 g/mol. The molecule has 1 N–H and O–H groups in total. The topological polar surface area (TPSA) is 87.2 Å². The van der Waals surface area contributed by atoms with Crippen molar-refractivity contribution in [3.8, 4) is 11.8 Å². The zero-order valence-corrected chi connectivity index (χ0v) is 17.9. The van der Waals surface area contributed by atoms with Gasteiger partial charge in [-0.3, -0.25) is 0 Å². The zero-order valence-electron chi connectivity index (χ0n) is 15.6. The van der Waals surface area contributed by atoms with Crippen LogP contribution in [0.1, 0.15) is 21.7 Å². The number of nitrogens with one attached hydrogen (secondary N) is 1. The fourth-order valence-corrected chi connectivity index (χ4v) is 3.76. The van der Waals surface area contributed by atoms with E-state index in [2.05, 4.69) is 31.3 Å². The second-order valence-corrected chi connectivity index (χ2v) is 7.79. The Bertz CT molecular complexity index is 1200. The molecule has 1 heterocycles. The van der Waals surface area contributed by atoms with Gasteiger partial charge < -0.3 is 9.29 Å². The van der Waals surface area contributed by atoms with Gasteiger partial charge in [0.2, 0.25) is 5.82 Å². The Balaban J connectivity index is 1.87. The number of benzene rings is 2. The van der Waals surface area contributed by atoms with Gasteiger partial charge in [-0.1, -0.05) is 35.0 Å². The Morgan fingerprint density at radius 1 is 1.16 bits per heavy atom. The van der Waals surface area contributed by atoms with Crippen molar-refractivity contribution in [3.05, 3.63) is 81.4 Å². The summed E-state index contributed by atoms with van der Waals surface area (Å²) in [5.41, 5.74) is -0.604. The molecule has 0 radical (unpaired) electrons. The first-order valence-corrected chi connectivity index (χ1v) is 10.2. The van der Waals surface area contributed by atoms with E-state index in [-0.39, 0.29) is 27.0 Å². The number of esters is 1. The van der Waals surface area contributed by atoms with Crippen molar-refractivity contribution in [2.24, 2.45) is 0 Å². The molecule has 0 aliphatic heterocycles. The highest BCUT2D eigenvalue weighted by Gasteiger charge is 2.21. The molecule has 158 valence electrons. The fourth-order valence-electron chi connectivity index (χ4n) is 2.24. The van der Waals surface area contributed by atoms with E-state index in [0.29, 0.717) is 5.02 Å². The van der Waals surface area contributed by atoms with Crippen molar-refractivity contribution in [3.63, 3.8) is 0 Å². The second-order valence-electron chi connectivity index (χ2n) is 5.77. The highest BCUT2D eigenvalue weighted by atomic mass is 35.5. The van der Waals surface area contributed by atoms with E-state index in [1.54, 1.807) is 0 Å². The maximum Gasteiger partial charge on any atom is 0.376 e. The van der Waals surface area contributed by atoms with E-state index < -0.39 is 34.5 Å². The minimum Gasteiger partial charge on any atom is -0.588 e. The molecule has 0 aliphatic rings. The lowest BCUT2D eigenvalue weighted by atomic mass is 10.1. The van der Waals surface area contributed by atoms with Crippen LogP contribution < -0.4 is 4.72 Å². The Morgan fingerprint density at radius 3 is 2.55 bits per heavy atom. The molecule has 6 nitrogen and oxygen atoms in total. The molecule has 1 unspecified atom stereocenters. The number of carbonyl (C=O) groups is 1. The van der Waals surface area contributed by atoms with Crippen molar-refractivity contribution in [1.82, 2.24) is 9.97 Å². The number of methoxy groups -OCH3 is 1. The highest BCUT2D eigenvalue weighted by molar-refractivity contribution is 7.92. The van der Waals surface area contributed by atoms with E-state index in [1.165, 1.54) is 37.7 Å². The molecule has 0 saturated heterocycles. The molecule has 1 aromatic heterocycles. The number of hydrogen-bond donors (Lipinski definition) is 1. The number of ether oxygens (including phenoxy) is 1. The van der Waals surface area contributed by atoms with Crippen LogP contribution in [0.25, 0.3) is 0 Å². The number of anilines is 1. The number of hydrogen-bond acceptors (Lipinski definition) is 6. The molecule has 0 amide bonds. The molecule has 1 atom stereocenters. The quantitative estimate of drug-likeness (QED) is 0.338. The van der Waals surface area contributed by atoms with Crippen LogP contribution in [0, 0.1) is 23.5 Å². The van der Waals surface area contributed by atoms with E-state index in [4.69, 9.17) is 23.2 Å². The van der Waals surface area contributed by atoms with E-state index >= 15 is 0 Å². The minimum atomic E-state index is -1.97. The molecule has 3 aromatic rings. The normalized spacial score (nSPS) is 11.3. The summed E-state index contributed by atoms with van der Waals surface area (Å²) in [6, 6.07) is 6.39. The molecule has 0 fully saturated rings. The Hall–Kier alpha value is -2.90. The number of carbonyl (C=O) groups excluding carboxylic acids is 1. The first kappa shape index (κ1) is 22.8. The highest BCUT2D eigenvalue weighted by Crippen LogP contribution is 2.28. The van der Waals surface area contributed by atoms with Crippen molar-refractivity contribution in [2.75, 3.05) is 11.8 Å². The monoisotopic (exact) mass is 481 g/mol. The van der Waals surface area contributed by atoms with Crippen molar-refractivity contribution in [2.45, 2.75) is 4.90 Å². The maximum absolute atomic E-state index is 14.8. The largest absolute Gasteiger partial charge is 0.588 e. The molecule has 0 aliphatic carbocycles. The van der Waals surface area contributed by atoms with Gasteiger partial charge in [0.15, 0.2) is 10.7 Å². The zero-order chi connectivity index (χ0) is 22.5. The van der Waals surface area contributed by atoms with Gasteiger partial charge in [0, 0.05) is 23.5 Å². The van der Waals surface area contributed by atoms with Gasteiger partial charge in [0.25, 0.3) is 0 Å². The van der Waals surface area contributed by atoms with Crippen molar-refractivity contribution in [1.29, 1.82) is 0 Å². The molecular formula is C20H11Cl2F2N3O3S. The van der Waals surface area contributed by atoms with Gasteiger partial charge in [-0.25, -0.2) is 28.3 Å². The molecule has 0 saturated carbocycles. The van der Waals surface area contributed by atoms with Crippen LogP contribution in [0.3, 0.4) is 0 Å². The summed E-state index contributed by atoms with van der Waals surface area (Å²) in [5, 5.41) is 0.453. The first-order valence-electron chi connectivity index (χ1n) is 8.34. The average Bonchev–Trinajstić information content (AvgIpc) is 2.77. The van der Waals surface area contributed by atoms with Crippen LogP contribution in [-0.2, 0) is 16.1 Å². The molecule has 0 spiro atoms. The van der Waals surface area contributed by atoms with E-state index in [1.807, 2.05) is 0 Å². The fraction of sp³-hybridized carbons (Fsp3) is 0.0500. The van der Waals surface area contributed by atoms with Crippen molar-refractivity contribution < 1.29 is 22.9 Å². The Labute approximate surface area is 188 Å². The third-order valence-electron chi connectivity index (χ3n) is 3.74. The van der Waals surface area contributed by atoms with Gasteiger partial charge in [-0.05, 0) is 24.3 Å². The Kier molecular flexibility index (Phi) is 7.30. The van der Waals surface area contributed by atoms with Gasteiger partial charge in [-0.2, -0.15) is 0 Å². The summed E-state index contributed by atoms with van der Waals surface area (Å²) >= 11 is 9.91. The second kappa shape index (κ2) is 9.94. The summed E-state index contributed by atoms with van der Waals surface area (Å²) in [7, 11) is 1.18. The molecule has 2 aromatic carbocycles. The summed E-state index contributed by atoms with van der Waals surface area (Å²) in [5.74, 6) is 1.97. The van der Waals surface area contributed by atoms with Crippen LogP contribution in [0.2, 0.25) is 10.0 Å². The van der Waals surface area contributed by atoms with Crippen molar-refractivity contribution >= 4 is 46.2 Å². The molecule has 31 heavy (non-hydrogen) atoms. The van der Waals surface area contributed by atoms with Crippen LogP contribution in [-0.4, -0.2) is 27.6 Å². The summed E-state index contributed by atoms with van der Waals surface area (Å²) in [6.45, 7) is 0. The van der Waals surface area contributed by atoms with E-state index in [0.717, 1.165) is 12.1 Å². The summed E-state index contributed by atoms with van der Waals surface area (Å²) in [4.78, 5) is 19.0. The maximum atomic E-state index is 14.8. The Morgan fingerprint density at radius 2 is 1.87 bits per heavy atom. The number of nitrogens with zero attached hydrogens (tertiary/aromatic N) is 2. The number of aromatic nitrogens is 2. The number of rotatable bonds is 4. The van der Waals surface area contributed by atoms with Gasteiger partial charge in [-0.15, -0.1) is 0 Å².